The summed E-state index contributed by atoms with van der Waals surface area (Å²) in [5, 5.41) is 0. The molecule has 2 aliphatic heterocycles. The molecule has 0 saturated heterocycles. The monoisotopic (exact) mass is 342 g/mol. The Hall–Kier alpha value is -2.78. The Morgan fingerprint density at radius 1 is 0.654 bits per heavy atom. The quantitative estimate of drug-likeness (QED) is 0.637. The highest BCUT2D eigenvalue weighted by Crippen LogP contribution is 2.46. The molecule has 0 radical (unpaired) electrons. The lowest BCUT2D eigenvalue weighted by Crippen LogP contribution is -2.26. The topological polar surface area (TPSA) is 15.7 Å². The fourth-order valence-corrected chi connectivity index (χ4v) is 4.04. The Balaban J connectivity index is 1.30. The van der Waals surface area contributed by atoms with Crippen LogP contribution in [0, 0.1) is 0 Å². The van der Waals surface area contributed by atoms with Crippen LogP contribution in [0.25, 0.3) is 0 Å². The molecule has 0 atom stereocenters. The van der Waals surface area contributed by atoms with Crippen molar-refractivity contribution >= 4 is 11.4 Å². The number of para-hydroxylation sites is 4. The first-order valence-corrected chi connectivity index (χ1v) is 9.31. The molecule has 0 aliphatic carbocycles. The van der Waals surface area contributed by atoms with Crippen molar-refractivity contribution in [3.63, 3.8) is 0 Å². The van der Waals surface area contributed by atoms with Crippen LogP contribution in [0.4, 0.5) is 11.4 Å². The summed E-state index contributed by atoms with van der Waals surface area (Å²) in [5.41, 5.74) is 5.29. The van der Waals surface area contributed by atoms with Gasteiger partial charge < -0.3 is 9.64 Å². The van der Waals surface area contributed by atoms with Crippen LogP contribution in [0.3, 0.4) is 0 Å². The first-order chi connectivity index (χ1) is 12.9. The SMILES string of the molecule is c1ccc2c(c1)CN(CCCN1c3ccccc3Oc3ccccc31)C2. The van der Waals surface area contributed by atoms with Crippen molar-refractivity contribution in [3.8, 4) is 11.5 Å². The van der Waals surface area contributed by atoms with E-state index in [1.807, 2.05) is 12.1 Å². The first-order valence-electron chi connectivity index (χ1n) is 9.31. The highest BCUT2D eigenvalue weighted by atomic mass is 16.5. The summed E-state index contributed by atoms with van der Waals surface area (Å²) in [6.45, 7) is 4.25. The summed E-state index contributed by atoms with van der Waals surface area (Å²) in [5.74, 6) is 1.89. The lowest BCUT2D eigenvalue weighted by atomic mass is 10.1. The molecule has 130 valence electrons. The predicted molar refractivity (Wildman–Crippen MR) is 105 cm³/mol. The van der Waals surface area contributed by atoms with E-state index >= 15 is 0 Å². The van der Waals surface area contributed by atoms with Crippen molar-refractivity contribution in [2.75, 3.05) is 18.0 Å². The molecule has 0 aromatic heterocycles. The smallest absolute Gasteiger partial charge is 0.151 e. The number of hydrogen-bond donors (Lipinski definition) is 0. The predicted octanol–water partition coefficient (Wildman–Crippen LogP) is 5.34. The van der Waals surface area contributed by atoms with Crippen LogP contribution in [0.5, 0.6) is 11.5 Å². The molecule has 3 aromatic rings. The highest BCUT2D eigenvalue weighted by Gasteiger charge is 2.24. The zero-order valence-electron chi connectivity index (χ0n) is 14.8. The van der Waals surface area contributed by atoms with E-state index in [-0.39, 0.29) is 0 Å². The van der Waals surface area contributed by atoms with Crippen molar-refractivity contribution in [1.29, 1.82) is 0 Å². The van der Waals surface area contributed by atoms with Gasteiger partial charge in [0, 0.05) is 26.2 Å². The summed E-state index contributed by atoms with van der Waals surface area (Å²) in [4.78, 5) is 4.94. The van der Waals surface area contributed by atoms with Crippen molar-refractivity contribution < 1.29 is 4.74 Å². The van der Waals surface area contributed by atoms with Gasteiger partial charge in [-0.3, -0.25) is 4.90 Å². The molecule has 5 rings (SSSR count). The van der Waals surface area contributed by atoms with E-state index in [0.29, 0.717) is 0 Å². The summed E-state index contributed by atoms with van der Waals surface area (Å²) in [7, 11) is 0. The molecule has 0 amide bonds. The minimum atomic E-state index is 0.944. The zero-order chi connectivity index (χ0) is 17.3. The van der Waals surface area contributed by atoms with Gasteiger partial charge in [-0.15, -0.1) is 0 Å². The normalized spacial score (nSPS) is 15.2. The zero-order valence-corrected chi connectivity index (χ0v) is 14.8. The summed E-state index contributed by atoms with van der Waals surface area (Å²) >= 11 is 0. The molecule has 0 saturated carbocycles. The maximum Gasteiger partial charge on any atom is 0.151 e. The highest BCUT2D eigenvalue weighted by molar-refractivity contribution is 5.77. The Morgan fingerprint density at radius 2 is 1.19 bits per heavy atom. The molecule has 26 heavy (non-hydrogen) atoms. The van der Waals surface area contributed by atoms with Gasteiger partial charge >= 0.3 is 0 Å². The lowest BCUT2D eigenvalue weighted by Gasteiger charge is -2.33. The van der Waals surface area contributed by atoms with E-state index in [2.05, 4.69) is 70.5 Å². The minimum absolute atomic E-state index is 0.944. The Kier molecular flexibility index (Phi) is 3.87. The molecule has 0 fully saturated rings. The van der Waals surface area contributed by atoms with Crippen molar-refractivity contribution in [2.45, 2.75) is 19.5 Å². The summed E-state index contributed by atoms with van der Waals surface area (Å²) in [6, 6.07) is 25.4. The maximum absolute atomic E-state index is 6.08. The fraction of sp³-hybridized carbons (Fsp3) is 0.217. The molecule has 2 aliphatic rings. The van der Waals surface area contributed by atoms with Gasteiger partial charge in [-0.2, -0.15) is 0 Å². The fourth-order valence-electron chi connectivity index (χ4n) is 4.04. The third kappa shape index (κ3) is 2.74. The molecular formula is C23H22N2O. The van der Waals surface area contributed by atoms with E-state index in [0.717, 1.165) is 55.5 Å². The molecule has 0 unspecified atom stereocenters. The molecule has 0 bridgehead atoms. The molecule has 3 heteroatoms. The van der Waals surface area contributed by atoms with Gasteiger partial charge in [-0.05, 0) is 41.8 Å². The summed E-state index contributed by atoms with van der Waals surface area (Å²) in [6.07, 6.45) is 1.12. The number of benzene rings is 3. The molecule has 0 N–H and O–H groups in total. The van der Waals surface area contributed by atoms with Crippen LogP contribution in [0.15, 0.2) is 72.8 Å². The van der Waals surface area contributed by atoms with Crippen LogP contribution < -0.4 is 9.64 Å². The van der Waals surface area contributed by atoms with Crippen LogP contribution >= 0.6 is 0 Å². The second kappa shape index (κ2) is 6.50. The van der Waals surface area contributed by atoms with E-state index < -0.39 is 0 Å². The maximum atomic E-state index is 6.08. The van der Waals surface area contributed by atoms with Crippen LogP contribution in [-0.2, 0) is 13.1 Å². The largest absolute Gasteiger partial charge is 0.453 e. The van der Waals surface area contributed by atoms with E-state index in [4.69, 9.17) is 4.74 Å². The number of fused-ring (bicyclic) bond motifs is 3. The second-order valence-corrected chi connectivity index (χ2v) is 7.02. The standard InChI is InChI=1S/C23H22N2O/c1-2-9-19-17-24(16-18(19)8-1)14-7-15-25-20-10-3-5-12-22(20)26-23-13-6-4-11-21(23)25/h1-6,8-13H,7,14-17H2. The average molecular weight is 342 g/mol. The number of nitrogens with zero attached hydrogens (tertiary/aromatic N) is 2. The summed E-state index contributed by atoms with van der Waals surface area (Å²) < 4.78 is 6.08. The molecule has 3 aromatic carbocycles. The number of ether oxygens (including phenoxy) is 1. The van der Waals surface area contributed by atoms with Gasteiger partial charge in [0.2, 0.25) is 0 Å². The second-order valence-electron chi connectivity index (χ2n) is 7.02. The van der Waals surface area contributed by atoms with E-state index in [1.54, 1.807) is 0 Å². The molecule has 2 heterocycles. The van der Waals surface area contributed by atoms with Crippen molar-refractivity contribution in [2.24, 2.45) is 0 Å². The van der Waals surface area contributed by atoms with Crippen LogP contribution in [-0.4, -0.2) is 18.0 Å². The molecule has 3 nitrogen and oxygen atoms in total. The number of rotatable bonds is 4. The third-order valence-corrected chi connectivity index (χ3v) is 5.29. The Labute approximate surface area is 154 Å². The van der Waals surface area contributed by atoms with E-state index in [1.165, 1.54) is 11.1 Å². The van der Waals surface area contributed by atoms with Gasteiger partial charge in [0.15, 0.2) is 11.5 Å². The first kappa shape index (κ1) is 15.5. The minimum Gasteiger partial charge on any atom is -0.453 e. The lowest BCUT2D eigenvalue weighted by molar-refractivity contribution is 0.282. The molecular weight excluding hydrogens is 320 g/mol. The molecule has 0 spiro atoms. The number of hydrogen-bond acceptors (Lipinski definition) is 3. The van der Waals surface area contributed by atoms with Gasteiger partial charge in [0.25, 0.3) is 0 Å². The number of anilines is 2. The van der Waals surface area contributed by atoms with Crippen LogP contribution in [0.2, 0.25) is 0 Å². The van der Waals surface area contributed by atoms with Crippen molar-refractivity contribution in [1.82, 2.24) is 4.90 Å². The van der Waals surface area contributed by atoms with Crippen molar-refractivity contribution in [3.05, 3.63) is 83.9 Å². The van der Waals surface area contributed by atoms with Gasteiger partial charge in [0.1, 0.15) is 0 Å². The van der Waals surface area contributed by atoms with Gasteiger partial charge in [-0.25, -0.2) is 0 Å². The van der Waals surface area contributed by atoms with Gasteiger partial charge in [-0.1, -0.05) is 48.5 Å². The van der Waals surface area contributed by atoms with Crippen LogP contribution in [0.1, 0.15) is 17.5 Å². The van der Waals surface area contributed by atoms with Gasteiger partial charge in [0.05, 0.1) is 11.4 Å². The Morgan fingerprint density at radius 3 is 1.81 bits per heavy atom. The Bertz CT molecular complexity index is 866. The average Bonchev–Trinajstić information content (AvgIpc) is 3.10. The third-order valence-electron chi connectivity index (χ3n) is 5.29. The van der Waals surface area contributed by atoms with E-state index in [9.17, 15) is 0 Å².